The molecule has 1 spiro atoms. The maximum Gasteiger partial charge on any atom is 0.304 e. The first-order valence-corrected chi connectivity index (χ1v) is 16.0. The van der Waals surface area contributed by atoms with Gasteiger partial charge in [0.1, 0.15) is 0 Å². The number of carbonyl (C=O) groups is 3. The number of ether oxygens (including phenoxy) is 2. The lowest BCUT2D eigenvalue weighted by Crippen LogP contribution is -2.54. The number of β-lactam (4-membered cyclic amide) rings is 1. The molecule has 3 aliphatic rings. The van der Waals surface area contributed by atoms with Crippen molar-refractivity contribution in [3.8, 4) is 0 Å². The molecule has 0 aromatic heterocycles. The van der Waals surface area contributed by atoms with Gasteiger partial charge in [-0.25, -0.2) is 0 Å². The van der Waals surface area contributed by atoms with Crippen molar-refractivity contribution < 1.29 is 33.8 Å². The van der Waals surface area contributed by atoms with Crippen LogP contribution in [0.4, 0.5) is 11.4 Å². The lowest BCUT2D eigenvalue weighted by molar-refractivity contribution is -0.154. The van der Waals surface area contributed by atoms with Crippen molar-refractivity contribution in [2.45, 2.75) is 69.8 Å². The Morgan fingerprint density at radius 1 is 1.16 bits per heavy atom. The Bertz CT molecular complexity index is 1260. The monoisotopic (exact) mass is 538 g/mol. The Kier molecular flexibility index (Phi) is 6.71. The molecule has 2 fully saturated rings. The summed E-state index contributed by atoms with van der Waals surface area (Å²) in [5.41, 5.74) is 1.59. The van der Waals surface area contributed by atoms with E-state index in [2.05, 4.69) is 0 Å². The van der Waals surface area contributed by atoms with Crippen molar-refractivity contribution in [1.29, 1.82) is 0 Å². The molecule has 202 valence electrons. The van der Waals surface area contributed by atoms with Crippen molar-refractivity contribution >= 4 is 37.5 Å². The van der Waals surface area contributed by atoms with E-state index in [0.717, 1.165) is 16.8 Å². The lowest BCUT2D eigenvalue weighted by atomic mass is 9.82. The van der Waals surface area contributed by atoms with Gasteiger partial charge in [-0.1, -0.05) is 37.3 Å². The zero-order chi connectivity index (χ0) is 27.4. The molecule has 5 atom stereocenters. The fourth-order valence-electron chi connectivity index (χ4n) is 6.51. The van der Waals surface area contributed by atoms with E-state index in [1.54, 1.807) is 17.0 Å². The summed E-state index contributed by atoms with van der Waals surface area (Å²) in [6, 6.07) is 14.9. The molecule has 2 amide bonds. The predicted molar refractivity (Wildman–Crippen MR) is 143 cm³/mol. The van der Waals surface area contributed by atoms with Crippen molar-refractivity contribution in [3.05, 3.63) is 59.7 Å². The van der Waals surface area contributed by atoms with E-state index in [1.165, 1.54) is 11.8 Å². The summed E-state index contributed by atoms with van der Waals surface area (Å²) >= 11 is 0. The fourth-order valence-corrected chi connectivity index (χ4v) is 9.12. The van der Waals surface area contributed by atoms with Crippen LogP contribution in [0.1, 0.15) is 37.8 Å². The molecular weight excluding hydrogens is 504 g/mol. The van der Waals surface area contributed by atoms with Crippen LogP contribution in [0.2, 0.25) is 18.6 Å². The van der Waals surface area contributed by atoms with Crippen LogP contribution in [0, 0.1) is 5.92 Å². The molecule has 2 saturated heterocycles. The topological polar surface area (TPSA) is 117 Å². The van der Waals surface area contributed by atoms with Gasteiger partial charge in [-0.15, -0.1) is 0 Å². The molecular formula is C28H34N2O7Si. The second-order valence-corrected chi connectivity index (χ2v) is 15.0. The number of anilines is 2. The largest absolute Gasteiger partial charge is 0.441 e. The van der Waals surface area contributed by atoms with Crippen LogP contribution in [-0.2, 0) is 36.0 Å². The van der Waals surface area contributed by atoms with E-state index >= 15 is 0 Å². The minimum absolute atomic E-state index is 0.0851. The number of esters is 1. The highest BCUT2D eigenvalue weighted by molar-refractivity contribution is 6.71. The lowest BCUT2D eigenvalue weighted by Gasteiger charge is -2.39. The fraction of sp³-hybridized carbons (Fsp3) is 0.464. The van der Waals surface area contributed by atoms with Gasteiger partial charge < -0.3 is 24.3 Å². The zero-order valence-electron chi connectivity index (χ0n) is 22.1. The number of rotatable bonds is 7. The Morgan fingerprint density at radius 3 is 2.45 bits per heavy atom. The van der Waals surface area contributed by atoms with Gasteiger partial charge in [0.25, 0.3) is 5.91 Å². The molecule has 2 N–H and O–H groups in total. The minimum Gasteiger partial charge on any atom is -0.441 e. The van der Waals surface area contributed by atoms with Crippen LogP contribution in [-0.4, -0.2) is 54.9 Å². The molecule has 10 heteroatoms. The number of aliphatic hydroxyl groups is 1. The van der Waals surface area contributed by atoms with Gasteiger partial charge in [-0.3, -0.25) is 19.3 Å². The maximum atomic E-state index is 14.2. The van der Waals surface area contributed by atoms with Crippen molar-refractivity contribution in [1.82, 2.24) is 0 Å². The third kappa shape index (κ3) is 4.16. The predicted octanol–water partition coefficient (Wildman–Crippen LogP) is 3.04. The van der Waals surface area contributed by atoms with Crippen molar-refractivity contribution in [2.75, 3.05) is 16.4 Å². The number of hydrogen-bond acceptors (Lipinski definition) is 7. The van der Waals surface area contributed by atoms with E-state index in [4.69, 9.17) is 9.47 Å². The third-order valence-corrected chi connectivity index (χ3v) is 10.6. The number of amides is 2. The number of nitrogens with zero attached hydrogens (tertiary/aromatic N) is 2. The molecule has 9 nitrogen and oxygen atoms in total. The summed E-state index contributed by atoms with van der Waals surface area (Å²) in [5.74, 6) is -1.01. The van der Waals surface area contributed by atoms with Crippen LogP contribution < -0.4 is 9.80 Å². The molecule has 2 aromatic rings. The molecule has 38 heavy (non-hydrogen) atoms. The van der Waals surface area contributed by atoms with Gasteiger partial charge in [-0.05, 0) is 43.3 Å². The number of carbonyl (C=O) groups excluding carboxylic acids is 3. The van der Waals surface area contributed by atoms with Crippen molar-refractivity contribution in [3.63, 3.8) is 0 Å². The molecule has 0 aliphatic carbocycles. The Morgan fingerprint density at radius 2 is 1.84 bits per heavy atom. The van der Waals surface area contributed by atoms with Gasteiger partial charge >= 0.3 is 5.97 Å². The van der Waals surface area contributed by atoms with Crippen LogP contribution in [0.3, 0.4) is 0 Å². The van der Waals surface area contributed by atoms with Crippen LogP contribution in [0.25, 0.3) is 0 Å². The van der Waals surface area contributed by atoms with Crippen LogP contribution in [0.5, 0.6) is 0 Å². The second kappa shape index (κ2) is 9.60. The Balaban J connectivity index is 1.43. The third-order valence-electron chi connectivity index (χ3n) is 8.07. The molecule has 5 rings (SSSR count). The first-order valence-electron chi connectivity index (χ1n) is 13.0. The standard InChI is InChI=1S/C28H34N2O7Si/c1-17-26(38(3,4)35)23(13-14-31)37-28(17)21-7-5-6-8-22(21)29(27(28)34)16-19-9-11-20(12-10-19)30-24(33)15-25(30)36-18(2)32/h5-12,17,23,25-26,31,35H,13-16H2,1-4H3/t17-,23+,25?,26-,28+/m0/s1. The summed E-state index contributed by atoms with van der Waals surface area (Å²) in [7, 11) is -2.74. The highest BCUT2D eigenvalue weighted by Gasteiger charge is 2.66. The van der Waals surface area contributed by atoms with Gasteiger partial charge in [0.05, 0.1) is 24.8 Å². The molecule has 2 aromatic carbocycles. The summed E-state index contributed by atoms with van der Waals surface area (Å²) in [5, 5.41) is 9.70. The van der Waals surface area contributed by atoms with E-state index in [-0.39, 0.29) is 36.3 Å². The van der Waals surface area contributed by atoms with Gasteiger partial charge in [0, 0.05) is 36.2 Å². The highest BCUT2D eigenvalue weighted by atomic mass is 28.4. The second-order valence-electron chi connectivity index (χ2n) is 11.0. The number of aliphatic hydroxyl groups excluding tert-OH is 1. The normalized spacial score (nSPS) is 28.6. The minimum atomic E-state index is -2.74. The van der Waals surface area contributed by atoms with E-state index in [1.807, 2.05) is 56.4 Å². The maximum absolute atomic E-state index is 14.2. The smallest absolute Gasteiger partial charge is 0.304 e. The van der Waals surface area contributed by atoms with Crippen LogP contribution in [0.15, 0.2) is 48.5 Å². The van der Waals surface area contributed by atoms with Crippen molar-refractivity contribution in [2.24, 2.45) is 5.92 Å². The summed E-state index contributed by atoms with van der Waals surface area (Å²) in [6.07, 6.45) is -0.504. The number of benzene rings is 2. The molecule has 0 radical (unpaired) electrons. The average Bonchev–Trinajstić information content (AvgIpc) is 3.27. The number of para-hydroxylation sites is 1. The van der Waals surface area contributed by atoms with Gasteiger partial charge in [0.15, 0.2) is 20.1 Å². The summed E-state index contributed by atoms with van der Waals surface area (Å²) in [6.45, 7) is 7.22. The first-order chi connectivity index (χ1) is 18.0. The van der Waals surface area contributed by atoms with E-state index in [0.29, 0.717) is 18.7 Å². The Labute approximate surface area is 223 Å². The molecule has 0 saturated carbocycles. The summed E-state index contributed by atoms with van der Waals surface area (Å²) < 4.78 is 11.8. The molecule has 3 aliphatic heterocycles. The SMILES string of the molecule is CC(=O)OC1CC(=O)N1c1ccc(CN2C(=O)[C@]3(O[C@H](CCO)[C@@H]([Si](C)(C)O)[C@@H]3C)c3ccccc32)cc1. The molecule has 3 heterocycles. The molecule has 1 unspecified atom stereocenters. The first kappa shape index (κ1) is 26.5. The average molecular weight is 539 g/mol. The van der Waals surface area contributed by atoms with E-state index < -0.39 is 32.2 Å². The number of hydrogen-bond donors (Lipinski definition) is 2. The Hall–Kier alpha value is -3.05. The zero-order valence-corrected chi connectivity index (χ0v) is 23.1. The van der Waals surface area contributed by atoms with Crippen LogP contribution >= 0.6 is 0 Å². The van der Waals surface area contributed by atoms with Gasteiger partial charge in [-0.2, -0.15) is 0 Å². The quantitative estimate of drug-likeness (QED) is 0.316. The number of fused-ring (bicyclic) bond motifs is 2. The highest BCUT2D eigenvalue weighted by Crippen LogP contribution is 2.59. The molecule has 0 bridgehead atoms. The van der Waals surface area contributed by atoms with Gasteiger partial charge in [0.2, 0.25) is 5.91 Å². The van der Waals surface area contributed by atoms with E-state index in [9.17, 15) is 24.3 Å². The summed E-state index contributed by atoms with van der Waals surface area (Å²) in [4.78, 5) is 52.0.